The third-order valence-corrected chi connectivity index (χ3v) is 4.00. The molecule has 0 saturated heterocycles. The van der Waals surface area contributed by atoms with Crippen molar-refractivity contribution in [3.8, 4) is 0 Å². The molecule has 0 bridgehead atoms. The highest BCUT2D eigenvalue weighted by atomic mass is 14.3. The molecule has 0 aliphatic heterocycles. The zero-order valence-electron chi connectivity index (χ0n) is 11.2. The Morgan fingerprint density at radius 1 is 1.00 bits per heavy atom. The van der Waals surface area contributed by atoms with Crippen molar-refractivity contribution in [2.75, 3.05) is 0 Å². The summed E-state index contributed by atoms with van der Waals surface area (Å²) in [5.41, 5.74) is 1.53. The number of rotatable bonds is 6. The SMILES string of the molecule is CCCC(c1ccccc1)C(C)C(C)CC. The summed E-state index contributed by atoms with van der Waals surface area (Å²) in [7, 11) is 0. The van der Waals surface area contributed by atoms with Gasteiger partial charge >= 0.3 is 0 Å². The van der Waals surface area contributed by atoms with Crippen molar-refractivity contribution in [3.63, 3.8) is 0 Å². The minimum atomic E-state index is 0.737. The van der Waals surface area contributed by atoms with Crippen LogP contribution in [-0.2, 0) is 0 Å². The molecule has 0 N–H and O–H groups in total. The fraction of sp³-hybridized carbons (Fsp3) is 0.625. The lowest BCUT2D eigenvalue weighted by atomic mass is 9.77. The van der Waals surface area contributed by atoms with Gasteiger partial charge in [-0.3, -0.25) is 0 Å². The molecular weight excluding hydrogens is 192 g/mol. The molecule has 0 amide bonds. The van der Waals surface area contributed by atoms with Crippen LogP contribution in [0.4, 0.5) is 0 Å². The maximum atomic E-state index is 2.42. The quantitative estimate of drug-likeness (QED) is 0.611. The Morgan fingerprint density at radius 3 is 2.12 bits per heavy atom. The van der Waals surface area contributed by atoms with Gasteiger partial charge in [-0.25, -0.2) is 0 Å². The third kappa shape index (κ3) is 3.37. The molecule has 0 nitrogen and oxygen atoms in total. The van der Waals surface area contributed by atoms with Crippen molar-refractivity contribution in [1.29, 1.82) is 0 Å². The molecule has 1 aromatic carbocycles. The van der Waals surface area contributed by atoms with Crippen LogP contribution in [0.5, 0.6) is 0 Å². The van der Waals surface area contributed by atoms with Crippen LogP contribution in [0.2, 0.25) is 0 Å². The van der Waals surface area contributed by atoms with Gasteiger partial charge in [-0.2, -0.15) is 0 Å². The Balaban J connectivity index is 2.82. The van der Waals surface area contributed by atoms with Crippen LogP contribution in [0.1, 0.15) is 58.4 Å². The van der Waals surface area contributed by atoms with Crippen molar-refractivity contribution < 1.29 is 0 Å². The first kappa shape index (κ1) is 13.3. The Morgan fingerprint density at radius 2 is 1.62 bits per heavy atom. The number of hydrogen-bond acceptors (Lipinski definition) is 0. The van der Waals surface area contributed by atoms with E-state index in [2.05, 4.69) is 58.0 Å². The summed E-state index contributed by atoms with van der Waals surface area (Å²) >= 11 is 0. The Labute approximate surface area is 101 Å². The minimum absolute atomic E-state index is 0.737. The third-order valence-electron chi connectivity index (χ3n) is 4.00. The fourth-order valence-electron chi connectivity index (χ4n) is 2.51. The molecule has 0 aromatic heterocycles. The van der Waals surface area contributed by atoms with Gasteiger partial charge in [0.2, 0.25) is 0 Å². The lowest BCUT2D eigenvalue weighted by molar-refractivity contribution is 0.304. The summed E-state index contributed by atoms with van der Waals surface area (Å²) in [6.45, 7) is 9.40. The van der Waals surface area contributed by atoms with Crippen molar-refractivity contribution in [2.45, 2.75) is 52.9 Å². The van der Waals surface area contributed by atoms with Crippen molar-refractivity contribution >= 4 is 0 Å². The smallest absolute Gasteiger partial charge is 0.0134 e. The van der Waals surface area contributed by atoms with E-state index in [1.54, 1.807) is 0 Å². The van der Waals surface area contributed by atoms with E-state index in [0.717, 1.165) is 17.8 Å². The van der Waals surface area contributed by atoms with Crippen LogP contribution in [0.15, 0.2) is 30.3 Å². The molecule has 3 atom stereocenters. The zero-order chi connectivity index (χ0) is 12.0. The first-order valence-corrected chi connectivity index (χ1v) is 6.75. The Kier molecular flexibility index (Phi) is 5.59. The normalized spacial score (nSPS) is 16.8. The molecule has 90 valence electrons. The first-order chi connectivity index (χ1) is 7.70. The highest BCUT2D eigenvalue weighted by molar-refractivity contribution is 5.20. The number of benzene rings is 1. The number of hydrogen-bond donors (Lipinski definition) is 0. The van der Waals surface area contributed by atoms with Gasteiger partial charge in [0.15, 0.2) is 0 Å². The van der Waals surface area contributed by atoms with Crippen LogP contribution in [-0.4, -0.2) is 0 Å². The molecule has 0 radical (unpaired) electrons. The molecular formula is C16H26. The molecule has 3 unspecified atom stereocenters. The Hall–Kier alpha value is -0.780. The van der Waals surface area contributed by atoms with Crippen LogP contribution in [0.3, 0.4) is 0 Å². The van der Waals surface area contributed by atoms with E-state index in [9.17, 15) is 0 Å². The van der Waals surface area contributed by atoms with E-state index in [-0.39, 0.29) is 0 Å². The lowest BCUT2D eigenvalue weighted by Crippen LogP contribution is -2.17. The summed E-state index contributed by atoms with van der Waals surface area (Å²) < 4.78 is 0. The zero-order valence-corrected chi connectivity index (χ0v) is 11.2. The van der Waals surface area contributed by atoms with Crippen LogP contribution in [0.25, 0.3) is 0 Å². The first-order valence-electron chi connectivity index (χ1n) is 6.75. The molecule has 16 heavy (non-hydrogen) atoms. The van der Waals surface area contributed by atoms with Gasteiger partial charge in [0, 0.05) is 0 Å². The molecule has 1 aromatic rings. The molecule has 0 aliphatic carbocycles. The minimum Gasteiger partial charge on any atom is -0.0654 e. The van der Waals surface area contributed by atoms with E-state index in [4.69, 9.17) is 0 Å². The average Bonchev–Trinajstić information content (AvgIpc) is 2.35. The summed E-state index contributed by atoms with van der Waals surface area (Å²) in [6.07, 6.45) is 3.88. The molecule has 0 heteroatoms. The van der Waals surface area contributed by atoms with E-state index in [1.165, 1.54) is 24.8 Å². The second kappa shape index (κ2) is 6.73. The predicted molar refractivity (Wildman–Crippen MR) is 72.7 cm³/mol. The maximum absolute atomic E-state index is 2.42. The van der Waals surface area contributed by atoms with Crippen LogP contribution >= 0.6 is 0 Å². The summed E-state index contributed by atoms with van der Waals surface area (Å²) in [5, 5.41) is 0. The van der Waals surface area contributed by atoms with Gasteiger partial charge in [-0.1, -0.05) is 70.9 Å². The van der Waals surface area contributed by atoms with Gasteiger partial charge in [0.25, 0.3) is 0 Å². The average molecular weight is 218 g/mol. The Bertz CT molecular complexity index is 275. The molecule has 1 rings (SSSR count). The second-order valence-electron chi connectivity index (χ2n) is 5.05. The van der Waals surface area contributed by atoms with Gasteiger partial charge in [0.05, 0.1) is 0 Å². The monoisotopic (exact) mass is 218 g/mol. The van der Waals surface area contributed by atoms with Gasteiger partial charge in [0.1, 0.15) is 0 Å². The highest BCUT2D eigenvalue weighted by Crippen LogP contribution is 2.34. The van der Waals surface area contributed by atoms with Crippen LogP contribution < -0.4 is 0 Å². The van der Waals surface area contributed by atoms with Crippen molar-refractivity contribution in [2.24, 2.45) is 11.8 Å². The summed E-state index contributed by atoms with van der Waals surface area (Å²) in [4.78, 5) is 0. The van der Waals surface area contributed by atoms with Gasteiger partial charge in [-0.05, 0) is 29.7 Å². The van der Waals surface area contributed by atoms with Crippen molar-refractivity contribution in [1.82, 2.24) is 0 Å². The molecule has 0 saturated carbocycles. The van der Waals surface area contributed by atoms with E-state index < -0.39 is 0 Å². The molecule has 0 fully saturated rings. The van der Waals surface area contributed by atoms with Crippen LogP contribution in [0, 0.1) is 11.8 Å². The van der Waals surface area contributed by atoms with Gasteiger partial charge < -0.3 is 0 Å². The fourth-order valence-corrected chi connectivity index (χ4v) is 2.51. The molecule has 0 heterocycles. The van der Waals surface area contributed by atoms with Crippen molar-refractivity contribution in [3.05, 3.63) is 35.9 Å². The molecule has 0 aliphatic rings. The summed E-state index contributed by atoms with van der Waals surface area (Å²) in [5.74, 6) is 2.34. The van der Waals surface area contributed by atoms with E-state index in [0.29, 0.717) is 0 Å². The highest BCUT2D eigenvalue weighted by Gasteiger charge is 2.22. The molecule has 0 spiro atoms. The van der Waals surface area contributed by atoms with E-state index in [1.807, 2.05) is 0 Å². The van der Waals surface area contributed by atoms with E-state index >= 15 is 0 Å². The largest absolute Gasteiger partial charge is 0.0654 e. The lowest BCUT2D eigenvalue weighted by Gasteiger charge is -2.28. The predicted octanol–water partition coefficient (Wildman–Crippen LogP) is 5.25. The second-order valence-corrected chi connectivity index (χ2v) is 5.05. The summed E-state index contributed by atoms with van der Waals surface area (Å²) in [6, 6.07) is 11.0. The topological polar surface area (TPSA) is 0 Å². The maximum Gasteiger partial charge on any atom is -0.0134 e. The standard InChI is InChI=1S/C16H26/c1-5-10-16(14(4)13(3)6-2)15-11-8-7-9-12-15/h7-9,11-14,16H,5-6,10H2,1-4H3. The van der Waals surface area contributed by atoms with Gasteiger partial charge in [-0.15, -0.1) is 0 Å².